The van der Waals surface area contributed by atoms with Gasteiger partial charge in [0.15, 0.2) is 0 Å². The van der Waals surface area contributed by atoms with Gasteiger partial charge < -0.3 is 11.1 Å². The van der Waals surface area contributed by atoms with Crippen LogP contribution in [-0.2, 0) is 0 Å². The molecule has 1 aliphatic rings. The van der Waals surface area contributed by atoms with Crippen LogP contribution in [0.4, 0.5) is 0 Å². The quantitative estimate of drug-likeness (QED) is 0.884. The SMILES string of the molecule is CC(N)c1nc(C(=O)NC2(C)CCCCC2)cs1. The second-order valence-corrected chi connectivity index (χ2v) is 6.32. The Morgan fingerprint density at radius 3 is 2.72 bits per heavy atom. The predicted molar refractivity (Wildman–Crippen MR) is 73.7 cm³/mol. The first-order valence-electron chi connectivity index (χ1n) is 6.54. The molecule has 1 amide bonds. The monoisotopic (exact) mass is 267 g/mol. The third-order valence-corrected chi connectivity index (χ3v) is 4.56. The molecule has 1 aromatic heterocycles. The summed E-state index contributed by atoms with van der Waals surface area (Å²) in [4.78, 5) is 16.4. The molecule has 2 rings (SSSR count). The first kappa shape index (κ1) is 13.5. The van der Waals surface area contributed by atoms with E-state index in [0.717, 1.165) is 17.8 Å². The summed E-state index contributed by atoms with van der Waals surface area (Å²) in [5, 5.41) is 5.73. The molecule has 1 heterocycles. The zero-order chi connectivity index (χ0) is 13.2. The van der Waals surface area contributed by atoms with Crippen molar-refractivity contribution in [3.8, 4) is 0 Å². The van der Waals surface area contributed by atoms with Crippen LogP contribution in [0.25, 0.3) is 0 Å². The van der Waals surface area contributed by atoms with Gasteiger partial charge in [0.05, 0.1) is 6.04 Å². The number of rotatable bonds is 3. The average Bonchev–Trinajstić information content (AvgIpc) is 2.78. The highest BCUT2D eigenvalue weighted by Crippen LogP contribution is 2.28. The van der Waals surface area contributed by atoms with Gasteiger partial charge in [-0.05, 0) is 26.7 Å². The molecule has 100 valence electrons. The van der Waals surface area contributed by atoms with Gasteiger partial charge in [-0.1, -0.05) is 19.3 Å². The standard InChI is InChI=1S/C13H21N3OS/c1-9(14)12-15-10(8-18-12)11(17)16-13(2)6-4-3-5-7-13/h8-9H,3-7,14H2,1-2H3,(H,16,17). The topological polar surface area (TPSA) is 68.0 Å². The zero-order valence-corrected chi connectivity index (χ0v) is 11.8. The van der Waals surface area contributed by atoms with Crippen LogP contribution >= 0.6 is 11.3 Å². The summed E-state index contributed by atoms with van der Waals surface area (Å²) in [5.74, 6) is -0.0671. The fraction of sp³-hybridized carbons (Fsp3) is 0.692. The van der Waals surface area contributed by atoms with Gasteiger partial charge >= 0.3 is 0 Å². The van der Waals surface area contributed by atoms with Gasteiger partial charge in [0.25, 0.3) is 5.91 Å². The lowest BCUT2D eigenvalue weighted by Crippen LogP contribution is -2.47. The number of nitrogens with one attached hydrogen (secondary N) is 1. The summed E-state index contributed by atoms with van der Waals surface area (Å²) in [6, 6.07) is -0.109. The summed E-state index contributed by atoms with van der Waals surface area (Å²) >= 11 is 1.45. The molecular formula is C13H21N3OS. The third-order valence-electron chi connectivity index (χ3n) is 3.52. The van der Waals surface area contributed by atoms with Crippen LogP contribution in [0.2, 0.25) is 0 Å². The molecule has 1 fully saturated rings. The Hall–Kier alpha value is -0.940. The lowest BCUT2D eigenvalue weighted by Gasteiger charge is -2.34. The molecule has 1 saturated carbocycles. The summed E-state index contributed by atoms with van der Waals surface area (Å²) in [5.41, 5.74) is 6.19. The van der Waals surface area contributed by atoms with Gasteiger partial charge in [0.2, 0.25) is 0 Å². The number of nitrogens with zero attached hydrogens (tertiary/aromatic N) is 1. The van der Waals surface area contributed by atoms with Crippen molar-refractivity contribution in [2.45, 2.75) is 57.5 Å². The van der Waals surface area contributed by atoms with Crippen molar-refractivity contribution < 1.29 is 4.79 Å². The van der Waals surface area contributed by atoms with Gasteiger partial charge in [0, 0.05) is 10.9 Å². The van der Waals surface area contributed by atoms with E-state index in [1.165, 1.54) is 30.6 Å². The van der Waals surface area contributed by atoms with Crippen molar-refractivity contribution >= 4 is 17.2 Å². The Bertz CT molecular complexity index is 422. The third kappa shape index (κ3) is 3.09. The summed E-state index contributed by atoms with van der Waals surface area (Å²) < 4.78 is 0. The molecule has 1 aromatic rings. The fourth-order valence-corrected chi connectivity index (χ4v) is 3.15. The van der Waals surface area contributed by atoms with Gasteiger partial charge in [-0.15, -0.1) is 11.3 Å². The van der Waals surface area contributed by atoms with Crippen molar-refractivity contribution in [1.29, 1.82) is 0 Å². The fourth-order valence-electron chi connectivity index (χ4n) is 2.40. The molecule has 18 heavy (non-hydrogen) atoms. The van der Waals surface area contributed by atoms with Crippen molar-refractivity contribution in [3.05, 3.63) is 16.1 Å². The molecular weight excluding hydrogens is 246 g/mol. The van der Waals surface area contributed by atoms with Crippen LogP contribution < -0.4 is 11.1 Å². The van der Waals surface area contributed by atoms with Crippen LogP contribution in [-0.4, -0.2) is 16.4 Å². The first-order valence-corrected chi connectivity index (χ1v) is 7.42. The lowest BCUT2D eigenvalue weighted by molar-refractivity contribution is 0.0878. The van der Waals surface area contributed by atoms with E-state index in [-0.39, 0.29) is 17.5 Å². The molecule has 0 aliphatic heterocycles. The van der Waals surface area contributed by atoms with E-state index in [1.54, 1.807) is 5.38 Å². The number of carbonyl (C=O) groups excluding carboxylic acids is 1. The van der Waals surface area contributed by atoms with Crippen molar-refractivity contribution in [1.82, 2.24) is 10.3 Å². The minimum absolute atomic E-state index is 0.0621. The lowest BCUT2D eigenvalue weighted by atomic mass is 9.83. The highest BCUT2D eigenvalue weighted by molar-refractivity contribution is 7.09. The predicted octanol–water partition coefficient (Wildman–Crippen LogP) is 2.62. The average molecular weight is 267 g/mol. The smallest absolute Gasteiger partial charge is 0.271 e. The summed E-state index contributed by atoms with van der Waals surface area (Å²) in [6.45, 7) is 4.01. The second kappa shape index (κ2) is 5.36. The molecule has 0 aromatic carbocycles. The Morgan fingerprint density at radius 1 is 1.50 bits per heavy atom. The Kier molecular flexibility index (Phi) is 4.02. The van der Waals surface area contributed by atoms with Crippen LogP contribution in [0, 0.1) is 0 Å². The van der Waals surface area contributed by atoms with Crippen LogP contribution in [0.15, 0.2) is 5.38 Å². The van der Waals surface area contributed by atoms with E-state index >= 15 is 0 Å². The van der Waals surface area contributed by atoms with Gasteiger partial charge in [-0.25, -0.2) is 4.98 Å². The Morgan fingerprint density at radius 2 is 2.17 bits per heavy atom. The minimum atomic E-state index is -0.109. The molecule has 0 bridgehead atoms. The van der Waals surface area contributed by atoms with Gasteiger partial charge in [-0.3, -0.25) is 4.79 Å². The van der Waals surface area contributed by atoms with Crippen molar-refractivity contribution in [2.75, 3.05) is 0 Å². The maximum absolute atomic E-state index is 12.1. The zero-order valence-electron chi connectivity index (χ0n) is 11.0. The Labute approximate surface area is 112 Å². The summed E-state index contributed by atoms with van der Waals surface area (Å²) in [7, 11) is 0. The van der Waals surface area contributed by atoms with Crippen molar-refractivity contribution in [2.24, 2.45) is 5.73 Å². The van der Waals surface area contributed by atoms with E-state index in [2.05, 4.69) is 17.2 Å². The molecule has 0 radical (unpaired) electrons. The number of thiazole rings is 1. The number of nitrogens with two attached hydrogens (primary N) is 1. The molecule has 1 unspecified atom stereocenters. The van der Waals surface area contributed by atoms with E-state index in [0.29, 0.717) is 5.69 Å². The maximum atomic E-state index is 12.1. The van der Waals surface area contributed by atoms with Crippen molar-refractivity contribution in [3.63, 3.8) is 0 Å². The highest BCUT2D eigenvalue weighted by atomic mass is 32.1. The van der Waals surface area contributed by atoms with E-state index in [1.807, 2.05) is 6.92 Å². The van der Waals surface area contributed by atoms with Crippen LogP contribution in [0.5, 0.6) is 0 Å². The molecule has 0 spiro atoms. The van der Waals surface area contributed by atoms with Gasteiger partial charge in [-0.2, -0.15) is 0 Å². The van der Waals surface area contributed by atoms with Crippen LogP contribution in [0.1, 0.15) is 67.5 Å². The summed E-state index contributed by atoms with van der Waals surface area (Å²) in [6.07, 6.45) is 5.78. The molecule has 0 saturated heterocycles. The van der Waals surface area contributed by atoms with Gasteiger partial charge in [0.1, 0.15) is 10.7 Å². The minimum Gasteiger partial charge on any atom is -0.346 e. The number of carbonyl (C=O) groups is 1. The molecule has 3 N–H and O–H groups in total. The number of aromatic nitrogens is 1. The molecule has 1 atom stereocenters. The number of amides is 1. The van der Waals surface area contributed by atoms with E-state index < -0.39 is 0 Å². The molecule has 4 nitrogen and oxygen atoms in total. The van der Waals surface area contributed by atoms with Crippen LogP contribution in [0.3, 0.4) is 0 Å². The second-order valence-electron chi connectivity index (χ2n) is 5.44. The molecule has 5 heteroatoms. The largest absolute Gasteiger partial charge is 0.346 e. The number of hydrogen-bond acceptors (Lipinski definition) is 4. The molecule has 1 aliphatic carbocycles. The normalized spacial score (nSPS) is 20.4. The Balaban J connectivity index is 2.02. The number of hydrogen-bond donors (Lipinski definition) is 2. The highest BCUT2D eigenvalue weighted by Gasteiger charge is 2.29. The van der Waals surface area contributed by atoms with E-state index in [9.17, 15) is 4.79 Å². The maximum Gasteiger partial charge on any atom is 0.271 e. The van der Waals surface area contributed by atoms with E-state index in [4.69, 9.17) is 5.73 Å². The first-order chi connectivity index (χ1) is 8.50.